The van der Waals surface area contributed by atoms with Crippen molar-refractivity contribution in [2.75, 3.05) is 14.2 Å². The van der Waals surface area contributed by atoms with Crippen LogP contribution in [0.1, 0.15) is 20.8 Å². The first kappa shape index (κ1) is 19.8. The standard InChI is InChI=1S/C14H23O3Si.ClH.Zn/c1-14(2,3)18(6,7)17-13-11(15-4)9-8-10-12(13)16-5;;/h9-10H,1-7H3;1H;/q-1;;+2/p-1. The third-order valence-electron chi connectivity index (χ3n) is 3.48. The van der Waals surface area contributed by atoms with Gasteiger partial charge < -0.3 is 13.9 Å². The Morgan fingerprint density at radius 3 is 1.75 bits per heavy atom. The summed E-state index contributed by atoms with van der Waals surface area (Å²) in [6, 6.07) is 6.52. The van der Waals surface area contributed by atoms with Gasteiger partial charge >= 0.3 is 27.0 Å². The molecule has 1 rings (SSSR count). The summed E-state index contributed by atoms with van der Waals surface area (Å²) in [6.45, 7) is 11.0. The van der Waals surface area contributed by atoms with Gasteiger partial charge in [-0.05, 0) is 18.1 Å². The summed E-state index contributed by atoms with van der Waals surface area (Å²) in [6.07, 6.45) is 0. The van der Waals surface area contributed by atoms with Gasteiger partial charge in [-0.3, -0.25) is 0 Å². The summed E-state index contributed by atoms with van der Waals surface area (Å²) in [5.41, 5.74) is 0. The van der Waals surface area contributed by atoms with Gasteiger partial charge in [0, 0.05) is 11.5 Å². The van der Waals surface area contributed by atoms with Gasteiger partial charge in [0.1, 0.15) is 0 Å². The molecule has 0 aliphatic heterocycles. The molecule has 20 heavy (non-hydrogen) atoms. The van der Waals surface area contributed by atoms with Crippen molar-refractivity contribution in [1.82, 2.24) is 0 Å². The maximum absolute atomic E-state index is 6.28. The zero-order valence-corrected chi connectivity index (χ0v) is 18.2. The second kappa shape index (κ2) is 8.26. The number of hydrogen-bond acceptors (Lipinski definition) is 3. The Kier molecular flexibility index (Phi) is 8.15. The van der Waals surface area contributed by atoms with E-state index in [2.05, 4.69) is 39.9 Å². The van der Waals surface area contributed by atoms with Gasteiger partial charge in [-0.2, -0.15) is 6.07 Å². The summed E-state index contributed by atoms with van der Waals surface area (Å²) in [7, 11) is 6.10. The molecule has 0 atom stereocenters. The molecule has 110 valence electrons. The Morgan fingerprint density at radius 2 is 1.45 bits per heavy atom. The van der Waals surface area contributed by atoms with E-state index in [1.165, 1.54) is 0 Å². The van der Waals surface area contributed by atoms with E-state index in [0.717, 1.165) is 17.3 Å². The normalized spacial score (nSPS) is 11.3. The van der Waals surface area contributed by atoms with Crippen molar-refractivity contribution in [1.29, 1.82) is 0 Å². The number of ether oxygens (including phenoxy) is 2. The predicted octanol–water partition coefficient (Wildman–Crippen LogP) is 4.57. The number of methoxy groups -OCH3 is 2. The fraction of sp³-hybridized carbons (Fsp3) is 0.571. The first-order valence-corrected chi connectivity index (χ1v) is 13.1. The molecule has 0 radical (unpaired) electrons. The predicted molar refractivity (Wildman–Crippen MR) is 82.1 cm³/mol. The molecule has 0 spiro atoms. The average Bonchev–Trinajstić information content (AvgIpc) is 2.39. The molecule has 1 aromatic rings. The van der Waals surface area contributed by atoms with E-state index in [1.807, 2.05) is 0 Å². The van der Waals surface area contributed by atoms with Crippen LogP contribution in [0.5, 0.6) is 17.2 Å². The molecule has 0 aliphatic rings. The average molecular weight is 368 g/mol. The molecule has 3 nitrogen and oxygen atoms in total. The quantitative estimate of drug-likeness (QED) is 0.575. The molecule has 0 saturated carbocycles. The van der Waals surface area contributed by atoms with Gasteiger partial charge in [0.15, 0.2) is 0 Å². The fourth-order valence-electron chi connectivity index (χ4n) is 1.26. The Hall–Kier alpha value is -0.250. The summed E-state index contributed by atoms with van der Waals surface area (Å²) < 4.78 is 16.9. The van der Waals surface area contributed by atoms with E-state index in [9.17, 15) is 0 Å². The minimum atomic E-state index is -1.91. The molecule has 0 N–H and O–H groups in total. The van der Waals surface area contributed by atoms with Crippen molar-refractivity contribution in [2.45, 2.75) is 38.9 Å². The molecule has 0 bridgehead atoms. The van der Waals surface area contributed by atoms with Crippen molar-refractivity contribution in [3.8, 4) is 17.2 Å². The summed E-state index contributed by atoms with van der Waals surface area (Å²) >= 11 is 0.847. The molecule has 0 aliphatic carbocycles. The number of benzene rings is 1. The Labute approximate surface area is 137 Å². The van der Waals surface area contributed by atoms with Gasteiger partial charge in [0.05, 0.1) is 20.0 Å². The zero-order valence-electron chi connectivity index (χ0n) is 13.5. The second-order valence-electron chi connectivity index (χ2n) is 5.78. The maximum atomic E-state index is 6.28. The van der Waals surface area contributed by atoms with E-state index in [0.29, 0.717) is 17.2 Å². The number of rotatable bonds is 4. The van der Waals surface area contributed by atoms with Gasteiger partial charge in [-0.15, -0.1) is 12.1 Å². The zero-order chi connectivity index (χ0) is 16.0. The molecule has 0 fully saturated rings. The van der Waals surface area contributed by atoms with Crippen molar-refractivity contribution in [3.05, 3.63) is 18.2 Å². The third kappa shape index (κ3) is 4.94. The third-order valence-corrected chi connectivity index (χ3v) is 7.81. The van der Waals surface area contributed by atoms with Crippen molar-refractivity contribution >= 4 is 18.0 Å². The molecule has 6 heteroatoms. The van der Waals surface area contributed by atoms with Crippen LogP contribution in [0.2, 0.25) is 18.1 Å². The van der Waals surface area contributed by atoms with Crippen LogP contribution in [0, 0.1) is 6.07 Å². The molecule has 0 aromatic heterocycles. The van der Waals surface area contributed by atoms with E-state index >= 15 is 0 Å². The van der Waals surface area contributed by atoms with E-state index in [4.69, 9.17) is 23.6 Å². The van der Waals surface area contributed by atoms with Crippen LogP contribution in [-0.4, -0.2) is 22.5 Å². The van der Waals surface area contributed by atoms with Crippen molar-refractivity contribution in [2.24, 2.45) is 0 Å². The Bertz CT molecular complexity index is 397. The molecular formula is C14H23ClO3SiZn. The molecule has 0 amide bonds. The van der Waals surface area contributed by atoms with Crippen LogP contribution in [0.15, 0.2) is 12.1 Å². The van der Waals surface area contributed by atoms with Gasteiger partial charge in [0.2, 0.25) is 8.32 Å². The van der Waals surface area contributed by atoms with Gasteiger partial charge in [-0.1, -0.05) is 20.8 Å². The monoisotopic (exact) mass is 366 g/mol. The first-order valence-electron chi connectivity index (χ1n) is 6.30. The van der Waals surface area contributed by atoms with Gasteiger partial charge in [0.25, 0.3) is 0 Å². The molecule has 1 aromatic carbocycles. The van der Waals surface area contributed by atoms with Crippen LogP contribution in [0.25, 0.3) is 0 Å². The Morgan fingerprint density at radius 1 is 1.05 bits per heavy atom. The molecule has 0 saturated heterocycles. The van der Waals surface area contributed by atoms with Crippen LogP contribution >= 0.6 is 9.69 Å². The van der Waals surface area contributed by atoms with E-state index < -0.39 is 8.32 Å². The molecule has 0 heterocycles. The van der Waals surface area contributed by atoms with Crippen LogP contribution in [-0.2, 0) is 17.3 Å². The van der Waals surface area contributed by atoms with Crippen LogP contribution in [0.3, 0.4) is 0 Å². The molecular weight excluding hydrogens is 345 g/mol. The molecule has 0 unspecified atom stereocenters. The van der Waals surface area contributed by atoms with E-state index in [-0.39, 0.29) is 5.04 Å². The first-order chi connectivity index (χ1) is 9.23. The minimum absolute atomic E-state index is 0.128. The van der Waals surface area contributed by atoms with Crippen LogP contribution < -0.4 is 13.9 Å². The van der Waals surface area contributed by atoms with Crippen molar-refractivity contribution in [3.63, 3.8) is 0 Å². The van der Waals surface area contributed by atoms with Gasteiger partial charge in [-0.25, -0.2) is 0 Å². The SMILES string of the molecule is COc1c[c-]cc(OC)c1O[Si](C)(C)C(C)(C)C.[Cl][Zn+]. The Balaban J connectivity index is 0.00000172. The van der Waals surface area contributed by atoms with E-state index in [1.54, 1.807) is 26.4 Å². The van der Waals surface area contributed by atoms with Crippen molar-refractivity contribution < 1.29 is 31.2 Å². The second-order valence-corrected chi connectivity index (χ2v) is 10.5. The topological polar surface area (TPSA) is 27.7 Å². The number of hydrogen-bond donors (Lipinski definition) is 0. The summed E-state index contributed by atoms with van der Waals surface area (Å²) in [5, 5.41) is 0.128. The summed E-state index contributed by atoms with van der Waals surface area (Å²) in [5.74, 6) is 2.02. The fourth-order valence-corrected chi connectivity index (χ4v) is 2.28. The van der Waals surface area contributed by atoms with Crippen LogP contribution in [0.4, 0.5) is 0 Å². The number of halogens is 1. The summed E-state index contributed by atoms with van der Waals surface area (Å²) in [4.78, 5) is 0.